The van der Waals surface area contributed by atoms with Crippen molar-refractivity contribution in [3.63, 3.8) is 0 Å². The number of carbonyl (C=O) groups is 2. The largest absolute Gasteiger partial charge is 0.332 e. The van der Waals surface area contributed by atoms with Gasteiger partial charge in [0.15, 0.2) is 0 Å². The molecule has 0 radical (unpaired) electrons. The zero-order chi connectivity index (χ0) is 17.1. The number of hydrogen-bond acceptors (Lipinski definition) is 3. The second kappa shape index (κ2) is 7.66. The minimum absolute atomic E-state index is 0.0214. The topological polar surface area (TPSA) is 70.2 Å². The van der Waals surface area contributed by atoms with Crippen LogP contribution in [0.3, 0.4) is 0 Å². The lowest BCUT2D eigenvalue weighted by molar-refractivity contribution is -0.116. The van der Waals surface area contributed by atoms with Crippen molar-refractivity contribution in [2.75, 3.05) is 11.1 Å². The SMILES string of the molecule is Cc1c(Cl)cccc1NC(=O)CCCCC1SCC2NC(=O)NC21. The van der Waals surface area contributed by atoms with Gasteiger partial charge in [-0.3, -0.25) is 4.79 Å². The number of rotatable bonds is 6. The van der Waals surface area contributed by atoms with Crippen molar-refractivity contribution in [3.8, 4) is 0 Å². The van der Waals surface area contributed by atoms with E-state index < -0.39 is 0 Å². The van der Waals surface area contributed by atoms with Crippen molar-refractivity contribution in [1.29, 1.82) is 0 Å². The van der Waals surface area contributed by atoms with Gasteiger partial charge in [-0.1, -0.05) is 24.1 Å². The molecule has 7 heteroatoms. The summed E-state index contributed by atoms with van der Waals surface area (Å²) in [6, 6.07) is 5.97. The maximum atomic E-state index is 12.1. The first-order chi connectivity index (χ1) is 11.5. The third-order valence-electron chi connectivity index (χ3n) is 4.62. The molecule has 2 fully saturated rings. The molecule has 0 aliphatic carbocycles. The van der Waals surface area contributed by atoms with Crippen LogP contribution in [-0.2, 0) is 4.79 Å². The maximum absolute atomic E-state index is 12.1. The Hall–Kier alpha value is -1.40. The molecule has 2 heterocycles. The fraction of sp³-hybridized carbons (Fsp3) is 0.529. The average Bonchev–Trinajstić information content (AvgIpc) is 3.08. The first-order valence-electron chi connectivity index (χ1n) is 8.28. The number of unbranched alkanes of at least 4 members (excludes halogenated alkanes) is 1. The molecule has 3 N–H and O–H groups in total. The first kappa shape index (κ1) is 17.4. The van der Waals surface area contributed by atoms with Gasteiger partial charge < -0.3 is 16.0 Å². The number of urea groups is 1. The van der Waals surface area contributed by atoms with Gasteiger partial charge in [-0.05, 0) is 37.5 Å². The zero-order valence-corrected chi connectivity index (χ0v) is 15.2. The van der Waals surface area contributed by atoms with Crippen LogP contribution in [0.1, 0.15) is 31.2 Å². The number of fused-ring (bicyclic) bond motifs is 1. The van der Waals surface area contributed by atoms with Crippen LogP contribution in [0, 0.1) is 6.92 Å². The Kier molecular flexibility index (Phi) is 5.56. The molecule has 24 heavy (non-hydrogen) atoms. The van der Waals surface area contributed by atoms with Gasteiger partial charge in [0.2, 0.25) is 5.91 Å². The molecule has 3 unspecified atom stereocenters. The third-order valence-corrected chi connectivity index (χ3v) is 6.54. The van der Waals surface area contributed by atoms with Crippen molar-refractivity contribution in [2.45, 2.75) is 49.9 Å². The Morgan fingerprint density at radius 3 is 3.04 bits per heavy atom. The zero-order valence-electron chi connectivity index (χ0n) is 13.6. The van der Waals surface area contributed by atoms with Gasteiger partial charge in [0.1, 0.15) is 0 Å². The van der Waals surface area contributed by atoms with Crippen molar-refractivity contribution in [1.82, 2.24) is 10.6 Å². The van der Waals surface area contributed by atoms with Crippen LogP contribution in [0.2, 0.25) is 5.02 Å². The van der Waals surface area contributed by atoms with Gasteiger partial charge in [-0.15, -0.1) is 0 Å². The summed E-state index contributed by atoms with van der Waals surface area (Å²) in [6.45, 7) is 1.90. The van der Waals surface area contributed by atoms with E-state index in [0.29, 0.717) is 16.7 Å². The van der Waals surface area contributed by atoms with Gasteiger partial charge >= 0.3 is 6.03 Å². The Morgan fingerprint density at radius 2 is 2.21 bits per heavy atom. The lowest BCUT2D eigenvalue weighted by Gasteiger charge is -2.16. The fourth-order valence-corrected chi connectivity index (χ4v) is 4.95. The average molecular weight is 368 g/mol. The number of nitrogens with one attached hydrogen (secondary N) is 3. The standard InChI is InChI=1S/C17H22ClN3O2S/c1-10-11(18)5-4-6-12(10)19-15(22)8-3-2-7-14-16-13(9-24-14)20-17(23)21-16/h4-6,13-14,16H,2-3,7-9H2,1H3,(H,19,22)(H2,20,21,23). The van der Waals surface area contributed by atoms with Crippen LogP contribution in [0.15, 0.2) is 18.2 Å². The van der Waals surface area contributed by atoms with Crippen LogP contribution in [0.5, 0.6) is 0 Å². The normalized spacial score (nSPS) is 25.1. The summed E-state index contributed by atoms with van der Waals surface area (Å²) >= 11 is 7.97. The van der Waals surface area contributed by atoms with Crippen LogP contribution >= 0.6 is 23.4 Å². The van der Waals surface area contributed by atoms with E-state index in [1.165, 1.54) is 0 Å². The van der Waals surface area contributed by atoms with E-state index in [0.717, 1.165) is 36.3 Å². The van der Waals surface area contributed by atoms with Crippen molar-refractivity contribution >= 4 is 41.0 Å². The highest BCUT2D eigenvalue weighted by Gasteiger charge is 2.42. The molecule has 0 aromatic heterocycles. The number of anilines is 1. The second-order valence-corrected chi connectivity index (χ2v) is 8.01. The van der Waals surface area contributed by atoms with E-state index in [-0.39, 0.29) is 24.0 Å². The Balaban J connectivity index is 1.38. The highest BCUT2D eigenvalue weighted by atomic mass is 35.5. The van der Waals surface area contributed by atoms with E-state index in [1.807, 2.05) is 36.9 Å². The summed E-state index contributed by atoms with van der Waals surface area (Å²) < 4.78 is 0. The first-order valence-corrected chi connectivity index (χ1v) is 9.71. The van der Waals surface area contributed by atoms with Gasteiger partial charge in [-0.25, -0.2) is 4.79 Å². The van der Waals surface area contributed by atoms with E-state index in [1.54, 1.807) is 0 Å². The molecule has 0 bridgehead atoms. The molecule has 3 amide bonds. The summed E-state index contributed by atoms with van der Waals surface area (Å²) in [6.07, 6.45) is 3.36. The highest BCUT2D eigenvalue weighted by molar-refractivity contribution is 8.00. The molecule has 3 atom stereocenters. The molecule has 3 rings (SSSR count). The number of carbonyl (C=O) groups excluding carboxylic acids is 2. The summed E-state index contributed by atoms with van der Waals surface area (Å²) in [5.74, 6) is 0.996. The number of amides is 3. The van der Waals surface area contributed by atoms with Crippen LogP contribution in [-0.4, -0.2) is 35.0 Å². The van der Waals surface area contributed by atoms with Gasteiger partial charge in [-0.2, -0.15) is 11.8 Å². The number of benzene rings is 1. The minimum atomic E-state index is -0.0495. The molecule has 5 nitrogen and oxygen atoms in total. The Morgan fingerprint density at radius 1 is 1.38 bits per heavy atom. The van der Waals surface area contributed by atoms with Crippen molar-refractivity contribution in [3.05, 3.63) is 28.8 Å². The van der Waals surface area contributed by atoms with Crippen molar-refractivity contribution < 1.29 is 9.59 Å². The molecular formula is C17H22ClN3O2S. The number of halogens is 1. The highest BCUT2D eigenvalue weighted by Crippen LogP contribution is 2.33. The molecular weight excluding hydrogens is 346 g/mol. The minimum Gasteiger partial charge on any atom is -0.332 e. The third kappa shape index (κ3) is 3.98. The monoisotopic (exact) mass is 367 g/mol. The van der Waals surface area contributed by atoms with Crippen LogP contribution in [0.4, 0.5) is 10.5 Å². The molecule has 2 aliphatic rings. The predicted molar refractivity (Wildman–Crippen MR) is 98.8 cm³/mol. The lowest BCUT2D eigenvalue weighted by Crippen LogP contribution is -2.36. The van der Waals surface area contributed by atoms with E-state index in [9.17, 15) is 9.59 Å². The second-order valence-electron chi connectivity index (χ2n) is 6.33. The van der Waals surface area contributed by atoms with Gasteiger partial charge in [0.05, 0.1) is 12.1 Å². The number of thioether (sulfide) groups is 1. The molecule has 0 saturated carbocycles. The predicted octanol–water partition coefficient (Wildman–Crippen LogP) is 3.31. The molecule has 0 spiro atoms. The maximum Gasteiger partial charge on any atom is 0.315 e. The Bertz CT molecular complexity index is 640. The molecule has 130 valence electrons. The smallest absolute Gasteiger partial charge is 0.315 e. The summed E-state index contributed by atoms with van der Waals surface area (Å²) in [5.41, 5.74) is 1.67. The summed E-state index contributed by atoms with van der Waals surface area (Å²) in [5, 5.41) is 9.98. The summed E-state index contributed by atoms with van der Waals surface area (Å²) in [4.78, 5) is 23.4. The van der Waals surface area contributed by atoms with Crippen molar-refractivity contribution in [2.24, 2.45) is 0 Å². The van der Waals surface area contributed by atoms with E-state index in [4.69, 9.17) is 11.6 Å². The van der Waals surface area contributed by atoms with Crippen LogP contribution in [0.25, 0.3) is 0 Å². The Labute approximate surface area is 151 Å². The quantitative estimate of drug-likeness (QED) is 0.533. The van der Waals surface area contributed by atoms with E-state index in [2.05, 4.69) is 16.0 Å². The van der Waals surface area contributed by atoms with Crippen LogP contribution < -0.4 is 16.0 Å². The fourth-order valence-electron chi connectivity index (χ4n) is 3.23. The molecule has 2 saturated heterocycles. The molecule has 2 aliphatic heterocycles. The van der Waals surface area contributed by atoms with Gasteiger partial charge in [0, 0.05) is 28.1 Å². The molecule has 1 aromatic carbocycles. The summed E-state index contributed by atoms with van der Waals surface area (Å²) in [7, 11) is 0. The van der Waals surface area contributed by atoms with Gasteiger partial charge in [0.25, 0.3) is 0 Å². The lowest BCUT2D eigenvalue weighted by atomic mass is 10.0. The molecule has 1 aromatic rings. The number of hydrogen-bond donors (Lipinski definition) is 3. The van der Waals surface area contributed by atoms with E-state index >= 15 is 0 Å².